The summed E-state index contributed by atoms with van der Waals surface area (Å²) in [7, 11) is 1.53. The molecular formula is C13H13FN2OS. The van der Waals surface area contributed by atoms with Crippen LogP contribution < -0.4 is 4.74 Å². The Balaban J connectivity index is 2.72. The number of benzene rings is 1. The average Bonchev–Trinajstić information content (AvgIpc) is 2.34. The molecule has 0 saturated carbocycles. The number of ether oxygens (including phenoxy) is 1. The summed E-state index contributed by atoms with van der Waals surface area (Å²) in [5, 5.41) is 0. The van der Waals surface area contributed by atoms with Gasteiger partial charge in [-0.25, -0.2) is 9.37 Å². The van der Waals surface area contributed by atoms with E-state index in [1.165, 1.54) is 19.2 Å². The molecule has 0 aliphatic carbocycles. The molecule has 2 rings (SSSR count). The Bertz CT molecular complexity index is 652. The third kappa shape index (κ3) is 2.26. The van der Waals surface area contributed by atoms with Gasteiger partial charge in [-0.1, -0.05) is 12.2 Å². The minimum absolute atomic E-state index is 0.347. The van der Waals surface area contributed by atoms with Crippen LogP contribution in [0.2, 0.25) is 0 Å². The summed E-state index contributed by atoms with van der Waals surface area (Å²) in [5.74, 6) is 0.201. The first-order valence-corrected chi connectivity index (χ1v) is 5.85. The number of hydrogen-bond donors (Lipinski definition) is 1. The van der Waals surface area contributed by atoms with E-state index in [0.29, 0.717) is 21.6 Å². The predicted octanol–water partition coefficient (Wildman–Crippen LogP) is 3.57. The fraction of sp³-hybridized carbons (Fsp3) is 0.231. The molecule has 2 aromatic rings. The summed E-state index contributed by atoms with van der Waals surface area (Å²) in [6.07, 6.45) is 0. The Morgan fingerprint density at radius 2 is 2.06 bits per heavy atom. The molecule has 94 valence electrons. The van der Waals surface area contributed by atoms with Crippen LogP contribution in [0.5, 0.6) is 5.75 Å². The van der Waals surface area contributed by atoms with Gasteiger partial charge in [0.1, 0.15) is 21.9 Å². The molecule has 0 atom stereocenters. The van der Waals surface area contributed by atoms with Gasteiger partial charge in [-0.2, -0.15) is 0 Å². The molecular weight excluding hydrogens is 251 g/mol. The number of hydrogen-bond acceptors (Lipinski definition) is 3. The standard InChI is InChI=1S/C13H13FN2OS/c1-7-8(2)16-13(18)12(15-7)10-6-9(14)4-5-11(10)17-3/h4-6H,1-3H3,(H,16,18). The Hall–Kier alpha value is -1.75. The molecule has 1 heterocycles. The van der Waals surface area contributed by atoms with Crippen LogP contribution in [-0.4, -0.2) is 17.1 Å². The number of rotatable bonds is 2. The summed E-state index contributed by atoms with van der Waals surface area (Å²) in [6.45, 7) is 3.76. The van der Waals surface area contributed by atoms with Crippen LogP contribution in [0.4, 0.5) is 4.39 Å². The fourth-order valence-corrected chi connectivity index (χ4v) is 1.98. The van der Waals surface area contributed by atoms with Gasteiger partial charge < -0.3 is 9.72 Å². The second kappa shape index (κ2) is 4.86. The van der Waals surface area contributed by atoms with Crippen molar-refractivity contribution in [2.75, 3.05) is 7.11 Å². The number of methoxy groups -OCH3 is 1. The van der Waals surface area contributed by atoms with Crippen molar-refractivity contribution in [3.8, 4) is 17.0 Å². The second-order valence-electron chi connectivity index (χ2n) is 3.97. The molecule has 0 spiro atoms. The summed E-state index contributed by atoms with van der Waals surface area (Å²) in [6, 6.07) is 4.28. The van der Waals surface area contributed by atoms with E-state index in [9.17, 15) is 4.39 Å². The van der Waals surface area contributed by atoms with Crippen LogP contribution in [0.1, 0.15) is 11.4 Å². The molecule has 0 bridgehead atoms. The smallest absolute Gasteiger partial charge is 0.130 e. The van der Waals surface area contributed by atoms with Crippen molar-refractivity contribution >= 4 is 12.2 Å². The zero-order chi connectivity index (χ0) is 13.3. The average molecular weight is 264 g/mol. The van der Waals surface area contributed by atoms with E-state index in [-0.39, 0.29) is 5.82 Å². The highest BCUT2D eigenvalue weighted by atomic mass is 32.1. The SMILES string of the molecule is COc1ccc(F)cc1-c1nc(C)c(C)[nH]c1=S. The lowest BCUT2D eigenvalue weighted by Gasteiger charge is -2.10. The van der Waals surface area contributed by atoms with Crippen molar-refractivity contribution in [1.82, 2.24) is 9.97 Å². The van der Waals surface area contributed by atoms with Gasteiger partial charge in [-0.05, 0) is 32.0 Å². The predicted molar refractivity (Wildman–Crippen MR) is 70.8 cm³/mol. The highest BCUT2D eigenvalue weighted by molar-refractivity contribution is 7.71. The summed E-state index contributed by atoms with van der Waals surface area (Å²) in [5.41, 5.74) is 2.82. The Kier molecular flexibility index (Phi) is 3.43. The molecule has 0 amide bonds. The molecule has 3 nitrogen and oxygen atoms in total. The molecule has 0 saturated heterocycles. The molecule has 1 aromatic carbocycles. The van der Waals surface area contributed by atoms with Crippen molar-refractivity contribution in [2.24, 2.45) is 0 Å². The molecule has 1 aromatic heterocycles. The summed E-state index contributed by atoms with van der Waals surface area (Å²) < 4.78 is 19.0. The van der Waals surface area contributed by atoms with Crippen molar-refractivity contribution in [2.45, 2.75) is 13.8 Å². The first-order valence-electron chi connectivity index (χ1n) is 5.44. The molecule has 0 radical (unpaired) electrons. The number of aryl methyl sites for hydroxylation is 2. The summed E-state index contributed by atoms with van der Waals surface area (Å²) >= 11 is 5.24. The first kappa shape index (κ1) is 12.7. The monoisotopic (exact) mass is 264 g/mol. The Morgan fingerprint density at radius 3 is 2.72 bits per heavy atom. The van der Waals surface area contributed by atoms with Gasteiger partial charge in [0.25, 0.3) is 0 Å². The molecule has 5 heteroatoms. The van der Waals surface area contributed by atoms with Crippen LogP contribution in [0.3, 0.4) is 0 Å². The molecule has 1 N–H and O–H groups in total. The lowest BCUT2D eigenvalue weighted by atomic mass is 10.1. The number of nitrogens with one attached hydrogen (secondary N) is 1. The van der Waals surface area contributed by atoms with Crippen LogP contribution in [0.25, 0.3) is 11.3 Å². The summed E-state index contributed by atoms with van der Waals surface area (Å²) in [4.78, 5) is 7.46. The van der Waals surface area contributed by atoms with Gasteiger partial charge >= 0.3 is 0 Å². The third-order valence-corrected chi connectivity index (χ3v) is 3.05. The first-order chi connectivity index (χ1) is 8.52. The minimum atomic E-state index is -0.347. The highest BCUT2D eigenvalue weighted by Gasteiger charge is 2.12. The van der Waals surface area contributed by atoms with E-state index in [2.05, 4.69) is 9.97 Å². The Labute approximate surface area is 110 Å². The highest BCUT2D eigenvalue weighted by Crippen LogP contribution is 2.30. The van der Waals surface area contributed by atoms with Gasteiger partial charge in [-0.3, -0.25) is 0 Å². The van der Waals surface area contributed by atoms with Gasteiger partial charge in [-0.15, -0.1) is 0 Å². The van der Waals surface area contributed by atoms with Crippen LogP contribution in [0, 0.1) is 24.3 Å². The maximum atomic E-state index is 13.4. The van der Waals surface area contributed by atoms with Gasteiger partial charge in [0, 0.05) is 11.3 Å². The van der Waals surface area contributed by atoms with Crippen molar-refractivity contribution in [1.29, 1.82) is 0 Å². The van der Waals surface area contributed by atoms with Crippen LogP contribution in [-0.2, 0) is 0 Å². The van der Waals surface area contributed by atoms with E-state index in [1.54, 1.807) is 6.07 Å². The fourth-order valence-electron chi connectivity index (χ4n) is 1.67. The van der Waals surface area contributed by atoms with E-state index in [0.717, 1.165) is 11.4 Å². The number of halogens is 1. The molecule has 18 heavy (non-hydrogen) atoms. The topological polar surface area (TPSA) is 37.9 Å². The van der Waals surface area contributed by atoms with Crippen molar-refractivity contribution in [3.05, 3.63) is 40.0 Å². The molecule has 0 aliphatic rings. The van der Waals surface area contributed by atoms with E-state index < -0.39 is 0 Å². The molecule has 0 fully saturated rings. The lowest BCUT2D eigenvalue weighted by molar-refractivity contribution is 0.415. The number of H-pyrrole nitrogens is 1. The number of aromatic amines is 1. The largest absolute Gasteiger partial charge is 0.496 e. The zero-order valence-corrected chi connectivity index (χ0v) is 11.2. The molecule has 0 unspecified atom stereocenters. The number of nitrogens with zero attached hydrogens (tertiary/aromatic N) is 1. The van der Waals surface area contributed by atoms with Gasteiger partial charge in [0.15, 0.2) is 0 Å². The Morgan fingerprint density at radius 1 is 1.33 bits per heavy atom. The third-order valence-electron chi connectivity index (χ3n) is 2.75. The quantitative estimate of drug-likeness (QED) is 0.843. The maximum absolute atomic E-state index is 13.4. The maximum Gasteiger partial charge on any atom is 0.130 e. The number of aromatic nitrogens is 2. The van der Waals surface area contributed by atoms with E-state index >= 15 is 0 Å². The minimum Gasteiger partial charge on any atom is -0.496 e. The van der Waals surface area contributed by atoms with Crippen molar-refractivity contribution in [3.63, 3.8) is 0 Å². The van der Waals surface area contributed by atoms with E-state index in [4.69, 9.17) is 17.0 Å². The van der Waals surface area contributed by atoms with Crippen LogP contribution in [0.15, 0.2) is 18.2 Å². The van der Waals surface area contributed by atoms with Gasteiger partial charge in [0.05, 0.1) is 12.8 Å². The van der Waals surface area contributed by atoms with Crippen molar-refractivity contribution < 1.29 is 9.13 Å². The lowest BCUT2D eigenvalue weighted by Crippen LogP contribution is -1.98. The van der Waals surface area contributed by atoms with E-state index in [1.807, 2.05) is 13.8 Å². The second-order valence-corrected chi connectivity index (χ2v) is 4.38. The zero-order valence-electron chi connectivity index (χ0n) is 10.4. The normalized spacial score (nSPS) is 10.4. The molecule has 0 aliphatic heterocycles. The van der Waals surface area contributed by atoms with Crippen LogP contribution >= 0.6 is 12.2 Å². The van der Waals surface area contributed by atoms with Gasteiger partial charge in [0.2, 0.25) is 0 Å².